The van der Waals surface area contributed by atoms with Crippen LogP contribution in [0.15, 0.2) is 42.5 Å². The highest BCUT2D eigenvalue weighted by Crippen LogP contribution is 2.23. The van der Waals surface area contributed by atoms with Crippen LogP contribution in [0.1, 0.15) is 47.2 Å². The third-order valence-corrected chi connectivity index (χ3v) is 4.18. The molecule has 1 unspecified atom stereocenters. The van der Waals surface area contributed by atoms with E-state index < -0.39 is 0 Å². The van der Waals surface area contributed by atoms with Crippen LogP contribution in [0.5, 0.6) is 0 Å². The summed E-state index contributed by atoms with van der Waals surface area (Å²) in [5.41, 5.74) is 7.12. The maximum Gasteiger partial charge on any atom is 0.0323 e. The third-order valence-electron chi connectivity index (χ3n) is 4.18. The molecule has 1 nitrogen and oxygen atoms in total. The summed E-state index contributed by atoms with van der Waals surface area (Å²) >= 11 is 0. The largest absolute Gasteiger partial charge is 0.310 e. The Balaban J connectivity index is 2.13. The maximum atomic E-state index is 3.62. The highest BCUT2D eigenvalue weighted by molar-refractivity contribution is 5.37. The lowest BCUT2D eigenvalue weighted by Crippen LogP contribution is -2.21. The maximum absolute atomic E-state index is 3.62. The monoisotopic (exact) mass is 281 g/mol. The van der Waals surface area contributed by atoms with Crippen molar-refractivity contribution in [2.45, 2.75) is 46.6 Å². The van der Waals surface area contributed by atoms with Gasteiger partial charge >= 0.3 is 0 Å². The van der Waals surface area contributed by atoms with Gasteiger partial charge in [0.05, 0.1) is 0 Å². The highest BCUT2D eigenvalue weighted by Gasteiger charge is 2.12. The first kappa shape index (κ1) is 15.8. The number of hydrogen-bond donors (Lipinski definition) is 1. The highest BCUT2D eigenvalue weighted by atomic mass is 14.9. The minimum absolute atomic E-state index is 0.441. The summed E-state index contributed by atoms with van der Waals surface area (Å²) in [7, 11) is 0. The summed E-state index contributed by atoms with van der Waals surface area (Å²) < 4.78 is 0. The summed E-state index contributed by atoms with van der Waals surface area (Å²) in [6.45, 7) is 9.83. The van der Waals surface area contributed by atoms with Crippen molar-refractivity contribution in [3.05, 3.63) is 70.3 Å². The normalized spacial score (nSPS) is 12.4. The van der Waals surface area contributed by atoms with Crippen molar-refractivity contribution < 1.29 is 0 Å². The zero-order valence-corrected chi connectivity index (χ0v) is 13.7. The molecule has 0 saturated heterocycles. The van der Waals surface area contributed by atoms with Crippen LogP contribution in [0.3, 0.4) is 0 Å². The molecular weight excluding hydrogens is 254 g/mol. The van der Waals surface area contributed by atoms with Crippen LogP contribution in [-0.2, 0) is 6.42 Å². The van der Waals surface area contributed by atoms with Crippen LogP contribution in [0.2, 0.25) is 0 Å². The van der Waals surface area contributed by atoms with Crippen molar-refractivity contribution in [1.82, 2.24) is 5.32 Å². The lowest BCUT2D eigenvalue weighted by atomic mass is 9.93. The third kappa shape index (κ3) is 4.18. The Hall–Kier alpha value is -1.60. The van der Waals surface area contributed by atoms with Crippen LogP contribution >= 0.6 is 0 Å². The van der Waals surface area contributed by atoms with E-state index in [2.05, 4.69) is 75.5 Å². The number of aryl methyl sites for hydroxylation is 3. The fourth-order valence-electron chi connectivity index (χ4n) is 3.21. The van der Waals surface area contributed by atoms with Crippen LogP contribution in [0.25, 0.3) is 0 Å². The van der Waals surface area contributed by atoms with Crippen molar-refractivity contribution in [3.8, 4) is 0 Å². The van der Waals surface area contributed by atoms with Gasteiger partial charge in [0.2, 0.25) is 0 Å². The van der Waals surface area contributed by atoms with Gasteiger partial charge < -0.3 is 5.32 Å². The van der Waals surface area contributed by atoms with E-state index in [0.717, 1.165) is 19.4 Å². The van der Waals surface area contributed by atoms with Gasteiger partial charge in [-0.25, -0.2) is 0 Å². The second-order valence-corrected chi connectivity index (χ2v) is 5.94. The van der Waals surface area contributed by atoms with Crippen LogP contribution < -0.4 is 5.32 Å². The van der Waals surface area contributed by atoms with Crippen molar-refractivity contribution >= 4 is 0 Å². The minimum Gasteiger partial charge on any atom is -0.310 e. The molecule has 0 aromatic heterocycles. The molecule has 0 aliphatic rings. The molecule has 2 aromatic rings. The molecule has 0 fully saturated rings. The topological polar surface area (TPSA) is 12.0 Å². The first-order chi connectivity index (χ1) is 10.1. The quantitative estimate of drug-likeness (QED) is 0.794. The first-order valence-electron chi connectivity index (χ1n) is 7.97. The number of hydrogen-bond acceptors (Lipinski definition) is 1. The molecule has 0 heterocycles. The number of rotatable bonds is 6. The van der Waals surface area contributed by atoms with Gasteiger partial charge in [-0.3, -0.25) is 0 Å². The fourth-order valence-corrected chi connectivity index (χ4v) is 3.21. The van der Waals surface area contributed by atoms with Gasteiger partial charge in [0.15, 0.2) is 0 Å². The van der Waals surface area contributed by atoms with Gasteiger partial charge in [-0.15, -0.1) is 0 Å². The van der Waals surface area contributed by atoms with E-state index in [1.54, 1.807) is 0 Å². The summed E-state index contributed by atoms with van der Waals surface area (Å²) in [4.78, 5) is 0. The second kappa shape index (κ2) is 7.42. The molecule has 0 amide bonds. The van der Waals surface area contributed by atoms with Crippen LogP contribution in [0.4, 0.5) is 0 Å². The lowest BCUT2D eigenvalue weighted by molar-refractivity contribution is 0.514. The molecule has 21 heavy (non-hydrogen) atoms. The average molecular weight is 281 g/mol. The van der Waals surface area contributed by atoms with E-state index in [1.807, 2.05) is 0 Å². The summed E-state index contributed by atoms with van der Waals surface area (Å²) in [6.07, 6.45) is 2.27. The van der Waals surface area contributed by atoms with Gasteiger partial charge in [0.1, 0.15) is 0 Å². The molecule has 0 saturated carbocycles. The standard InChI is InChI=1S/C20H27N/c1-5-21-20(18-9-7-6-8-10-18)12-11-19-16(3)13-15(2)14-17(19)4/h6-10,13-14,20-21H,5,11-12H2,1-4H3. The molecular formula is C20H27N. The van der Waals surface area contributed by atoms with Gasteiger partial charge in [0.25, 0.3) is 0 Å². The lowest BCUT2D eigenvalue weighted by Gasteiger charge is -2.20. The van der Waals surface area contributed by atoms with Crippen molar-refractivity contribution in [2.24, 2.45) is 0 Å². The predicted molar refractivity (Wildman–Crippen MR) is 91.8 cm³/mol. The van der Waals surface area contributed by atoms with Gasteiger partial charge in [-0.1, -0.05) is 55.0 Å². The van der Waals surface area contributed by atoms with Crippen molar-refractivity contribution in [3.63, 3.8) is 0 Å². The zero-order chi connectivity index (χ0) is 15.2. The summed E-state index contributed by atoms with van der Waals surface area (Å²) in [5, 5.41) is 3.62. The first-order valence-corrected chi connectivity index (χ1v) is 7.97. The number of nitrogens with one attached hydrogen (secondary N) is 1. The Kier molecular flexibility index (Phi) is 5.58. The smallest absolute Gasteiger partial charge is 0.0323 e. The SMILES string of the molecule is CCNC(CCc1c(C)cc(C)cc1C)c1ccccc1. The predicted octanol–water partition coefficient (Wildman–Crippen LogP) is 4.90. The Morgan fingerprint density at radius 2 is 1.57 bits per heavy atom. The van der Waals surface area contributed by atoms with Crippen molar-refractivity contribution in [2.75, 3.05) is 6.54 Å². The minimum atomic E-state index is 0.441. The van der Waals surface area contributed by atoms with E-state index in [4.69, 9.17) is 0 Å². The molecule has 1 atom stereocenters. The van der Waals surface area contributed by atoms with Crippen LogP contribution in [0, 0.1) is 20.8 Å². The molecule has 0 aliphatic carbocycles. The molecule has 2 rings (SSSR count). The van der Waals surface area contributed by atoms with E-state index in [-0.39, 0.29) is 0 Å². The molecule has 2 aromatic carbocycles. The Morgan fingerprint density at radius 1 is 0.952 bits per heavy atom. The molecule has 1 heteroatoms. The van der Waals surface area contributed by atoms with Gasteiger partial charge in [0, 0.05) is 6.04 Å². The molecule has 0 spiro atoms. The fraction of sp³-hybridized carbons (Fsp3) is 0.400. The zero-order valence-electron chi connectivity index (χ0n) is 13.7. The van der Waals surface area contributed by atoms with Gasteiger partial charge in [-0.05, 0) is 62.4 Å². The van der Waals surface area contributed by atoms with E-state index >= 15 is 0 Å². The van der Waals surface area contributed by atoms with Crippen molar-refractivity contribution in [1.29, 1.82) is 0 Å². The molecule has 0 bridgehead atoms. The molecule has 1 N–H and O–H groups in total. The molecule has 0 aliphatic heterocycles. The van der Waals surface area contributed by atoms with Crippen LogP contribution in [-0.4, -0.2) is 6.54 Å². The second-order valence-electron chi connectivity index (χ2n) is 5.94. The van der Waals surface area contributed by atoms with E-state index in [9.17, 15) is 0 Å². The Bertz CT molecular complexity index is 549. The summed E-state index contributed by atoms with van der Waals surface area (Å²) in [6, 6.07) is 15.8. The number of benzene rings is 2. The summed E-state index contributed by atoms with van der Waals surface area (Å²) in [5.74, 6) is 0. The van der Waals surface area contributed by atoms with Gasteiger partial charge in [-0.2, -0.15) is 0 Å². The van der Waals surface area contributed by atoms with E-state index in [0.29, 0.717) is 6.04 Å². The van der Waals surface area contributed by atoms with E-state index in [1.165, 1.54) is 27.8 Å². The molecule has 0 radical (unpaired) electrons. The molecule has 112 valence electrons. The average Bonchev–Trinajstić information content (AvgIpc) is 2.46. The Labute approximate surface area is 129 Å². The Morgan fingerprint density at radius 3 is 2.14 bits per heavy atom.